The Kier molecular flexibility index (Phi) is 5.33. The number of benzene rings is 1. The van der Waals surface area contributed by atoms with Crippen molar-refractivity contribution in [3.63, 3.8) is 0 Å². The average molecular weight is 320 g/mol. The van der Waals surface area contributed by atoms with Crippen LogP contribution < -0.4 is 5.32 Å². The predicted molar refractivity (Wildman–Crippen MR) is 81.5 cm³/mol. The molecule has 1 aliphatic rings. The van der Waals surface area contributed by atoms with Crippen molar-refractivity contribution in [1.29, 1.82) is 0 Å². The lowest BCUT2D eigenvalue weighted by atomic mass is 10.1. The molecule has 1 aromatic rings. The number of rotatable bonds is 5. The van der Waals surface area contributed by atoms with Crippen molar-refractivity contribution in [2.24, 2.45) is 0 Å². The molecular weight excluding hydrogens is 300 g/mol. The third-order valence-electron chi connectivity index (χ3n) is 3.88. The van der Waals surface area contributed by atoms with Gasteiger partial charge >= 0.3 is 5.97 Å². The summed E-state index contributed by atoms with van der Waals surface area (Å²) in [6.45, 7) is 1.40. The Balaban J connectivity index is 2.06. The SMILES string of the molecule is CC(=O)N1C[C@H](O)C[C@H]1C(=O)N[C@H](Cc1ccccc1)C(=O)O. The fourth-order valence-corrected chi connectivity index (χ4v) is 2.73. The van der Waals surface area contributed by atoms with Crippen LogP contribution in [0.25, 0.3) is 0 Å². The van der Waals surface area contributed by atoms with Gasteiger partial charge in [-0.2, -0.15) is 0 Å². The van der Waals surface area contributed by atoms with Crippen molar-refractivity contribution in [2.45, 2.75) is 38.0 Å². The topological polar surface area (TPSA) is 107 Å². The summed E-state index contributed by atoms with van der Waals surface area (Å²) in [5.41, 5.74) is 0.787. The van der Waals surface area contributed by atoms with Gasteiger partial charge in [0.2, 0.25) is 11.8 Å². The van der Waals surface area contributed by atoms with Gasteiger partial charge in [0.1, 0.15) is 12.1 Å². The molecule has 0 aliphatic carbocycles. The molecule has 1 aliphatic heterocycles. The zero-order chi connectivity index (χ0) is 17.0. The van der Waals surface area contributed by atoms with Crippen molar-refractivity contribution < 1.29 is 24.6 Å². The van der Waals surface area contributed by atoms with E-state index in [-0.39, 0.29) is 25.3 Å². The highest BCUT2D eigenvalue weighted by Crippen LogP contribution is 2.18. The molecule has 7 nitrogen and oxygen atoms in total. The first-order chi connectivity index (χ1) is 10.9. The molecule has 0 bridgehead atoms. The van der Waals surface area contributed by atoms with E-state index in [0.717, 1.165) is 5.56 Å². The van der Waals surface area contributed by atoms with Crippen LogP contribution in [0.5, 0.6) is 0 Å². The van der Waals surface area contributed by atoms with Crippen molar-refractivity contribution in [3.8, 4) is 0 Å². The molecule has 1 heterocycles. The van der Waals surface area contributed by atoms with E-state index in [0.29, 0.717) is 0 Å². The van der Waals surface area contributed by atoms with E-state index in [1.54, 1.807) is 24.3 Å². The lowest BCUT2D eigenvalue weighted by Gasteiger charge is -2.24. The van der Waals surface area contributed by atoms with E-state index in [1.807, 2.05) is 6.07 Å². The molecule has 3 atom stereocenters. The zero-order valence-electron chi connectivity index (χ0n) is 12.8. The van der Waals surface area contributed by atoms with E-state index < -0.39 is 30.1 Å². The van der Waals surface area contributed by atoms with E-state index in [1.165, 1.54) is 11.8 Å². The van der Waals surface area contributed by atoms with E-state index in [4.69, 9.17) is 0 Å². The Morgan fingerprint density at radius 1 is 1.30 bits per heavy atom. The molecular formula is C16H20N2O5. The number of likely N-dealkylation sites (tertiary alicyclic amines) is 1. The Hall–Kier alpha value is -2.41. The number of amides is 2. The van der Waals surface area contributed by atoms with Crippen molar-refractivity contribution >= 4 is 17.8 Å². The van der Waals surface area contributed by atoms with Gasteiger partial charge in [-0.3, -0.25) is 9.59 Å². The minimum absolute atomic E-state index is 0.0871. The summed E-state index contributed by atoms with van der Waals surface area (Å²) in [6, 6.07) is 7.05. The highest BCUT2D eigenvalue weighted by atomic mass is 16.4. The predicted octanol–water partition coefficient (Wildman–Crippen LogP) is -0.220. The first-order valence-electron chi connectivity index (χ1n) is 7.41. The maximum Gasteiger partial charge on any atom is 0.326 e. The quantitative estimate of drug-likeness (QED) is 0.695. The summed E-state index contributed by atoms with van der Waals surface area (Å²) in [5.74, 6) is -2.02. The van der Waals surface area contributed by atoms with Gasteiger partial charge in [0.05, 0.1) is 6.10 Å². The van der Waals surface area contributed by atoms with E-state index in [2.05, 4.69) is 5.32 Å². The molecule has 1 fully saturated rings. The van der Waals surface area contributed by atoms with Crippen LogP contribution in [0.4, 0.5) is 0 Å². The lowest BCUT2D eigenvalue weighted by Crippen LogP contribution is -2.51. The van der Waals surface area contributed by atoms with Crippen molar-refractivity contribution in [3.05, 3.63) is 35.9 Å². The summed E-state index contributed by atoms with van der Waals surface area (Å²) in [4.78, 5) is 36.5. The normalized spacial score (nSPS) is 21.7. The lowest BCUT2D eigenvalue weighted by molar-refractivity contribution is -0.143. The van der Waals surface area contributed by atoms with Crippen molar-refractivity contribution in [1.82, 2.24) is 10.2 Å². The minimum Gasteiger partial charge on any atom is -0.480 e. The largest absolute Gasteiger partial charge is 0.480 e. The van der Waals surface area contributed by atoms with Crippen LogP contribution in [0.15, 0.2) is 30.3 Å². The Morgan fingerprint density at radius 2 is 1.96 bits per heavy atom. The smallest absolute Gasteiger partial charge is 0.326 e. The third-order valence-corrected chi connectivity index (χ3v) is 3.88. The second kappa shape index (κ2) is 7.23. The van der Waals surface area contributed by atoms with Crippen LogP contribution in [0, 0.1) is 0 Å². The monoisotopic (exact) mass is 320 g/mol. The molecule has 0 radical (unpaired) electrons. The summed E-state index contributed by atoms with van der Waals surface area (Å²) in [6.07, 6.45) is -0.507. The van der Waals surface area contributed by atoms with Crippen LogP contribution in [-0.4, -0.2) is 57.6 Å². The van der Waals surface area contributed by atoms with Gasteiger partial charge in [-0.25, -0.2) is 4.79 Å². The van der Waals surface area contributed by atoms with Crippen LogP contribution >= 0.6 is 0 Å². The maximum atomic E-state index is 12.3. The summed E-state index contributed by atoms with van der Waals surface area (Å²) in [5, 5.41) is 21.4. The number of carboxylic acid groups (broad SMARTS) is 1. The average Bonchev–Trinajstić information content (AvgIpc) is 2.90. The van der Waals surface area contributed by atoms with Crippen LogP contribution in [0.2, 0.25) is 0 Å². The van der Waals surface area contributed by atoms with Gasteiger partial charge in [0.15, 0.2) is 0 Å². The minimum atomic E-state index is -1.14. The van der Waals surface area contributed by atoms with Crippen LogP contribution in [0.1, 0.15) is 18.9 Å². The first kappa shape index (κ1) is 17.0. The molecule has 0 unspecified atom stereocenters. The molecule has 0 spiro atoms. The Bertz CT molecular complexity index is 589. The number of aliphatic hydroxyl groups is 1. The van der Waals surface area contributed by atoms with Gasteiger partial charge in [-0.15, -0.1) is 0 Å². The molecule has 1 saturated heterocycles. The van der Waals surface area contributed by atoms with Crippen molar-refractivity contribution in [2.75, 3.05) is 6.54 Å². The number of hydrogen-bond donors (Lipinski definition) is 3. The number of aliphatic carboxylic acids is 1. The van der Waals surface area contributed by atoms with Gasteiger partial charge in [-0.1, -0.05) is 30.3 Å². The van der Waals surface area contributed by atoms with E-state index >= 15 is 0 Å². The number of aliphatic hydroxyl groups excluding tert-OH is 1. The molecule has 23 heavy (non-hydrogen) atoms. The van der Waals surface area contributed by atoms with E-state index in [9.17, 15) is 24.6 Å². The third kappa shape index (κ3) is 4.29. The number of nitrogens with zero attached hydrogens (tertiary/aromatic N) is 1. The maximum absolute atomic E-state index is 12.3. The number of carbonyl (C=O) groups excluding carboxylic acids is 2. The number of nitrogens with one attached hydrogen (secondary N) is 1. The number of carbonyl (C=O) groups is 3. The molecule has 2 amide bonds. The van der Waals surface area contributed by atoms with Gasteiger partial charge in [0.25, 0.3) is 0 Å². The summed E-state index contributed by atoms with van der Waals surface area (Å²) < 4.78 is 0. The Labute approximate surface area is 133 Å². The number of hydrogen-bond acceptors (Lipinski definition) is 4. The molecule has 0 saturated carbocycles. The second-order valence-electron chi connectivity index (χ2n) is 5.67. The fourth-order valence-electron chi connectivity index (χ4n) is 2.73. The molecule has 1 aromatic carbocycles. The Morgan fingerprint density at radius 3 is 2.52 bits per heavy atom. The fraction of sp³-hybridized carbons (Fsp3) is 0.438. The van der Waals surface area contributed by atoms with Crippen LogP contribution in [-0.2, 0) is 20.8 Å². The zero-order valence-corrected chi connectivity index (χ0v) is 12.8. The standard InChI is InChI=1S/C16H20N2O5/c1-10(19)18-9-12(20)8-14(18)15(21)17-13(16(22)23)7-11-5-3-2-4-6-11/h2-6,12-14,20H,7-9H2,1H3,(H,17,21)(H,22,23)/t12-,13-,14+/m1/s1. The number of carboxylic acids is 1. The summed E-state index contributed by atoms with van der Waals surface area (Å²) >= 11 is 0. The number of β-amino-alcohol motifs (C(OH)–C–C–N with tert-alkyl or cyclic N) is 1. The molecule has 0 aromatic heterocycles. The second-order valence-corrected chi connectivity index (χ2v) is 5.67. The van der Waals surface area contributed by atoms with Crippen LogP contribution in [0.3, 0.4) is 0 Å². The molecule has 124 valence electrons. The molecule has 2 rings (SSSR count). The van der Waals surface area contributed by atoms with Gasteiger partial charge < -0.3 is 20.4 Å². The van der Waals surface area contributed by atoms with Gasteiger partial charge in [0, 0.05) is 26.3 Å². The highest BCUT2D eigenvalue weighted by Gasteiger charge is 2.38. The first-order valence-corrected chi connectivity index (χ1v) is 7.41. The summed E-state index contributed by atoms with van der Waals surface area (Å²) in [7, 11) is 0. The van der Waals surface area contributed by atoms with Gasteiger partial charge in [-0.05, 0) is 5.56 Å². The molecule has 7 heteroatoms. The molecule has 3 N–H and O–H groups in total. The highest BCUT2D eigenvalue weighted by molar-refractivity contribution is 5.90.